The second-order valence-corrected chi connectivity index (χ2v) is 6.85. The first-order valence-corrected chi connectivity index (χ1v) is 8.03. The van der Waals surface area contributed by atoms with Crippen LogP contribution in [0.1, 0.15) is 12.8 Å². The van der Waals surface area contributed by atoms with E-state index in [4.69, 9.17) is 4.74 Å². The Balaban J connectivity index is 1.98. The molecule has 1 aromatic carbocycles. The monoisotopic (exact) mass is 425 g/mol. The van der Waals surface area contributed by atoms with E-state index in [0.29, 0.717) is 5.92 Å². The fourth-order valence-electron chi connectivity index (χ4n) is 1.93. The molecule has 0 aliphatic carbocycles. The molecule has 1 N–H and O–H groups in total. The zero-order valence-electron chi connectivity index (χ0n) is 9.31. The molecule has 0 bridgehead atoms. The van der Waals surface area contributed by atoms with Gasteiger partial charge in [-0.1, -0.05) is 15.9 Å². The van der Waals surface area contributed by atoms with E-state index in [0.717, 1.165) is 38.9 Å². The molecular weight excluding hydrogens is 414 g/mol. The van der Waals surface area contributed by atoms with Crippen LogP contribution in [0, 0.1) is 5.92 Å². The molecular formula is C12H14Br3NO. The van der Waals surface area contributed by atoms with E-state index in [-0.39, 0.29) is 0 Å². The Kier molecular flexibility index (Phi) is 5.33. The number of hydrogen-bond acceptors (Lipinski definition) is 2. The fraction of sp³-hybridized carbons (Fsp3) is 0.500. The van der Waals surface area contributed by atoms with Gasteiger partial charge in [0.15, 0.2) is 0 Å². The molecule has 0 amide bonds. The molecule has 1 unspecified atom stereocenters. The average molecular weight is 428 g/mol. The second kappa shape index (κ2) is 6.55. The summed E-state index contributed by atoms with van der Waals surface area (Å²) in [5.41, 5.74) is 0. The van der Waals surface area contributed by atoms with Gasteiger partial charge in [-0.25, -0.2) is 0 Å². The standard InChI is InChI=1S/C12H14Br3NO/c13-9-4-10(14)12(11(15)5-9)17-7-8-2-1-3-16-6-8/h4-5,8,16H,1-3,6-7H2. The predicted octanol–water partition coefficient (Wildman–Crippen LogP) is 4.35. The summed E-state index contributed by atoms with van der Waals surface area (Å²) in [7, 11) is 0. The molecule has 1 aliphatic rings. The van der Waals surface area contributed by atoms with Crippen LogP contribution in [0.5, 0.6) is 5.75 Å². The third-order valence-corrected chi connectivity index (χ3v) is 4.46. The van der Waals surface area contributed by atoms with Gasteiger partial charge in [-0.3, -0.25) is 0 Å². The van der Waals surface area contributed by atoms with Gasteiger partial charge < -0.3 is 10.1 Å². The Hall–Kier alpha value is 0.420. The highest BCUT2D eigenvalue weighted by atomic mass is 79.9. The molecule has 1 fully saturated rings. The summed E-state index contributed by atoms with van der Waals surface area (Å²) in [6, 6.07) is 4.00. The highest BCUT2D eigenvalue weighted by Gasteiger charge is 2.15. The molecule has 17 heavy (non-hydrogen) atoms. The maximum atomic E-state index is 5.91. The van der Waals surface area contributed by atoms with Crippen LogP contribution in [0.25, 0.3) is 0 Å². The van der Waals surface area contributed by atoms with Gasteiger partial charge >= 0.3 is 0 Å². The molecule has 1 aliphatic heterocycles. The van der Waals surface area contributed by atoms with Gasteiger partial charge in [0.25, 0.3) is 0 Å². The molecule has 1 heterocycles. The number of hydrogen-bond donors (Lipinski definition) is 1. The lowest BCUT2D eigenvalue weighted by Crippen LogP contribution is -2.33. The fourth-order valence-corrected chi connectivity index (χ4v) is 4.42. The summed E-state index contributed by atoms with van der Waals surface area (Å²) >= 11 is 10.5. The molecule has 2 rings (SSSR count). The smallest absolute Gasteiger partial charge is 0.147 e. The molecule has 0 saturated carbocycles. The molecule has 1 atom stereocenters. The molecule has 94 valence electrons. The Morgan fingerprint density at radius 2 is 1.94 bits per heavy atom. The van der Waals surface area contributed by atoms with Crippen LogP contribution in [0.15, 0.2) is 25.6 Å². The third kappa shape index (κ3) is 3.94. The van der Waals surface area contributed by atoms with Gasteiger partial charge in [-0.05, 0) is 63.4 Å². The molecule has 1 saturated heterocycles. The number of benzene rings is 1. The van der Waals surface area contributed by atoms with Crippen LogP contribution in [0.3, 0.4) is 0 Å². The van der Waals surface area contributed by atoms with Gasteiger partial charge in [-0.15, -0.1) is 0 Å². The quantitative estimate of drug-likeness (QED) is 0.774. The molecule has 0 aromatic heterocycles. The van der Waals surface area contributed by atoms with Crippen LogP contribution in [-0.2, 0) is 0 Å². The first kappa shape index (κ1) is 13.8. The van der Waals surface area contributed by atoms with Crippen molar-refractivity contribution in [1.82, 2.24) is 5.32 Å². The molecule has 0 spiro atoms. The van der Waals surface area contributed by atoms with Crippen molar-refractivity contribution in [2.45, 2.75) is 12.8 Å². The Labute approximate surface area is 127 Å². The number of halogens is 3. The van der Waals surface area contributed by atoms with Crippen molar-refractivity contribution in [3.05, 3.63) is 25.6 Å². The lowest BCUT2D eigenvalue weighted by Gasteiger charge is -2.23. The van der Waals surface area contributed by atoms with Crippen molar-refractivity contribution in [2.24, 2.45) is 5.92 Å². The summed E-state index contributed by atoms with van der Waals surface area (Å²) in [5.74, 6) is 1.50. The zero-order chi connectivity index (χ0) is 12.3. The summed E-state index contributed by atoms with van der Waals surface area (Å²) < 4.78 is 8.89. The summed E-state index contributed by atoms with van der Waals surface area (Å²) in [5, 5.41) is 3.40. The lowest BCUT2D eigenvalue weighted by atomic mass is 10.0. The van der Waals surface area contributed by atoms with Gasteiger partial charge in [0.1, 0.15) is 5.75 Å². The molecule has 2 nitrogen and oxygen atoms in total. The van der Waals surface area contributed by atoms with Gasteiger partial charge in [-0.2, -0.15) is 0 Å². The average Bonchev–Trinajstić information content (AvgIpc) is 2.29. The largest absolute Gasteiger partial charge is 0.491 e. The predicted molar refractivity (Wildman–Crippen MR) is 80.6 cm³/mol. The normalized spacial score (nSPS) is 20.3. The highest BCUT2D eigenvalue weighted by Crippen LogP contribution is 2.36. The van der Waals surface area contributed by atoms with Gasteiger partial charge in [0.2, 0.25) is 0 Å². The second-order valence-electron chi connectivity index (χ2n) is 4.22. The number of ether oxygens (including phenoxy) is 1. The van der Waals surface area contributed by atoms with Gasteiger partial charge in [0, 0.05) is 16.9 Å². The van der Waals surface area contributed by atoms with E-state index in [1.54, 1.807) is 0 Å². The van der Waals surface area contributed by atoms with Crippen LogP contribution in [-0.4, -0.2) is 19.7 Å². The van der Waals surface area contributed by atoms with Crippen molar-refractivity contribution in [3.8, 4) is 5.75 Å². The minimum atomic E-state index is 0.617. The summed E-state index contributed by atoms with van der Waals surface area (Å²) in [6.07, 6.45) is 2.50. The van der Waals surface area contributed by atoms with E-state index in [9.17, 15) is 0 Å². The topological polar surface area (TPSA) is 21.3 Å². The summed E-state index contributed by atoms with van der Waals surface area (Å²) in [4.78, 5) is 0. The maximum absolute atomic E-state index is 5.91. The minimum absolute atomic E-state index is 0.617. The first-order valence-electron chi connectivity index (χ1n) is 5.65. The van der Waals surface area contributed by atoms with Crippen LogP contribution >= 0.6 is 47.8 Å². The number of rotatable bonds is 3. The van der Waals surface area contributed by atoms with E-state index < -0.39 is 0 Å². The van der Waals surface area contributed by atoms with Crippen molar-refractivity contribution in [2.75, 3.05) is 19.7 Å². The Morgan fingerprint density at radius 1 is 1.24 bits per heavy atom. The van der Waals surface area contributed by atoms with Crippen molar-refractivity contribution < 1.29 is 4.74 Å². The van der Waals surface area contributed by atoms with E-state index in [1.807, 2.05) is 12.1 Å². The maximum Gasteiger partial charge on any atom is 0.147 e. The summed E-state index contributed by atoms with van der Waals surface area (Å²) in [6.45, 7) is 2.97. The van der Waals surface area contributed by atoms with Gasteiger partial charge in [0.05, 0.1) is 15.6 Å². The Bertz CT molecular complexity index is 368. The van der Waals surface area contributed by atoms with Crippen molar-refractivity contribution in [1.29, 1.82) is 0 Å². The van der Waals surface area contributed by atoms with E-state index >= 15 is 0 Å². The number of piperidine rings is 1. The van der Waals surface area contributed by atoms with Crippen LogP contribution in [0.4, 0.5) is 0 Å². The zero-order valence-corrected chi connectivity index (χ0v) is 14.1. The van der Waals surface area contributed by atoms with E-state index in [2.05, 4.69) is 53.1 Å². The minimum Gasteiger partial charge on any atom is -0.491 e. The van der Waals surface area contributed by atoms with Crippen molar-refractivity contribution in [3.63, 3.8) is 0 Å². The van der Waals surface area contributed by atoms with Crippen LogP contribution < -0.4 is 10.1 Å². The SMILES string of the molecule is Brc1cc(Br)c(OCC2CCCNC2)c(Br)c1. The molecule has 1 aromatic rings. The third-order valence-electron chi connectivity index (χ3n) is 2.83. The Morgan fingerprint density at radius 3 is 2.53 bits per heavy atom. The van der Waals surface area contributed by atoms with Crippen LogP contribution in [0.2, 0.25) is 0 Å². The lowest BCUT2D eigenvalue weighted by molar-refractivity contribution is 0.216. The highest BCUT2D eigenvalue weighted by molar-refractivity contribution is 9.11. The molecule has 5 heteroatoms. The molecule has 0 radical (unpaired) electrons. The number of nitrogens with one attached hydrogen (secondary N) is 1. The van der Waals surface area contributed by atoms with Crippen molar-refractivity contribution >= 4 is 47.8 Å². The first-order chi connectivity index (χ1) is 8.16. The van der Waals surface area contributed by atoms with E-state index in [1.165, 1.54) is 12.8 Å².